The number of hydrogen-bond donors (Lipinski definition) is 2. The highest BCUT2D eigenvalue weighted by Crippen LogP contribution is 2.29. The number of aromatic nitrogens is 1. The maximum absolute atomic E-state index is 8.90. The molecule has 19 heavy (non-hydrogen) atoms. The summed E-state index contributed by atoms with van der Waals surface area (Å²) >= 11 is 0. The van der Waals surface area contributed by atoms with Crippen LogP contribution in [0.15, 0.2) is 11.2 Å². The minimum atomic E-state index is -0.329. The molecule has 1 aliphatic rings. The molecule has 1 heterocycles. The summed E-state index contributed by atoms with van der Waals surface area (Å²) in [5.74, 6) is 0.506. The highest BCUT2D eigenvalue weighted by molar-refractivity contribution is 5.99. The molecule has 0 amide bonds. The Morgan fingerprint density at radius 3 is 2.89 bits per heavy atom. The Hall–Kier alpha value is -1.78. The Bertz CT molecular complexity index is 510. The summed E-state index contributed by atoms with van der Waals surface area (Å²) in [4.78, 5) is 4.56. The predicted octanol–water partition coefficient (Wildman–Crippen LogP) is 2.23. The molecule has 0 atom stereocenters. The van der Waals surface area contributed by atoms with Gasteiger partial charge in [-0.2, -0.15) is 0 Å². The van der Waals surface area contributed by atoms with Crippen molar-refractivity contribution >= 4 is 5.84 Å². The second-order valence-corrected chi connectivity index (χ2v) is 5.50. The quantitative estimate of drug-likeness (QED) is 0.378. The molecule has 0 fully saturated rings. The van der Waals surface area contributed by atoms with Crippen LogP contribution < -0.4 is 10.5 Å². The average molecular weight is 263 g/mol. The molecule has 104 valence electrons. The van der Waals surface area contributed by atoms with E-state index in [1.807, 2.05) is 19.9 Å². The lowest BCUT2D eigenvalue weighted by Crippen LogP contribution is -2.29. The van der Waals surface area contributed by atoms with Crippen LogP contribution in [0.1, 0.15) is 50.4 Å². The van der Waals surface area contributed by atoms with Gasteiger partial charge in [0.05, 0.1) is 5.56 Å². The van der Waals surface area contributed by atoms with Gasteiger partial charge in [-0.3, -0.25) is 0 Å². The Labute approximate surface area is 113 Å². The summed E-state index contributed by atoms with van der Waals surface area (Å²) in [7, 11) is 0. The molecule has 0 aliphatic heterocycles. The zero-order valence-electron chi connectivity index (χ0n) is 11.7. The van der Waals surface area contributed by atoms with Gasteiger partial charge in [-0.05, 0) is 51.2 Å². The van der Waals surface area contributed by atoms with Gasteiger partial charge in [-0.15, -0.1) is 0 Å². The van der Waals surface area contributed by atoms with Gasteiger partial charge >= 0.3 is 0 Å². The zero-order valence-corrected chi connectivity index (χ0v) is 11.7. The third-order valence-corrected chi connectivity index (χ3v) is 3.62. The van der Waals surface area contributed by atoms with E-state index in [9.17, 15) is 0 Å². The van der Waals surface area contributed by atoms with Crippen molar-refractivity contribution in [2.24, 2.45) is 10.9 Å². The minimum absolute atomic E-state index is 0.0455. The highest BCUT2D eigenvalue weighted by Gasteiger charge is 2.24. The van der Waals surface area contributed by atoms with Crippen LogP contribution in [-0.4, -0.2) is 21.6 Å². The van der Waals surface area contributed by atoms with Crippen molar-refractivity contribution in [3.8, 4) is 5.88 Å². The molecule has 0 unspecified atom stereocenters. The topological polar surface area (TPSA) is 80.7 Å². The molecule has 1 aromatic rings. The largest absolute Gasteiger partial charge is 0.471 e. The lowest BCUT2D eigenvalue weighted by molar-refractivity contribution is 0.0984. The van der Waals surface area contributed by atoms with Crippen LogP contribution in [0.4, 0.5) is 0 Å². The van der Waals surface area contributed by atoms with Gasteiger partial charge in [0.15, 0.2) is 5.84 Å². The monoisotopic (exact) mass is 263 g/mol. The van der Waals surface area contributed by atoms with Gasteiger partial charge in [-0.25, -0.2) is 4.98 Å². The first-order chi connectivity index (χ1) is 8.96. The van der Waals surface area contributed by atoms with E-state index in [-0.39, 0.29) is 11.4 Å². The van der Waals surface area contributed by atoms with Crippen molar-refractivity contribution in [3.63, 3.8) is 0 Å². The molecule has 0 bridgehead atoms. The Morgan fingerprint density at radius 2 is 2.26 bits per heavy atom. The summed E-state index contributed by atoms with van der Waals surface area (Å²) in [5, 5.41) is 12.0. The number of amidine groups is 1. The number of aryl methyl sites for hydroxylation is 2. The molecular formula is C14H21N3O2. The Kier molecular flexibility index (Phi) is 3.64. The van der Waals surface area contributed by atoms with E-state index in [1.54, 1.807) is 0 Å². The first-order valence-corrected chi connectivity index (χ1v) is 6.66. The molecule has 1 aromatic heterocycles. The van der Waals surface area contributed by atoms with Gasteiger partial charge in [0.1, 0.15) is 5.60 Å². The van der Waals surface area contributed by atoms with E-state index < -0.39 is 0 Å². The minimum Gasteiger partial charge on any atom is -0.471 e. The summed E-state index contributed by atoms with van der Waals surface area (Å²) in [6, 6.07) is 1.94. The molecule has 0 spiro atoms. The SMILES string of the molecule is CCC(C)(C)Oc1nc2c(cc1C(N)=NO)CCC2. The second kappa shape index (κ2) is 5.07. The number of nitrogens with zero attached hydrogens (tertiary/aromatic N) is 2. The van der Waals surface area contributed by atoms with E-state index in [0.29, 0.717) is 11.4 Å². The molecule has 5 heteroatoms. The fraction of sp³-hybridized carbons (Fsp3) is 0.571. The van der Waals surface area contributed by atoms with Gasteiger partial charge in [-0.1, -0.05) is 12.1 Å². The van der Waals surface area contributed by atoms with E-state index in [0.717, 1.165) is 31.4 Å². The van der Waals surface area contributed by atoms with E-state index in [2.05, 4.69) is 17.1 Å². The van der Waals surface area contributed by atoms with Crippen LogP contribution in [0.5, 0.6) is 5.88 Å². The summed E-state index contributed by atoms with van der Waals surface area (Å²) in [6.07, 6.45) is 3.90. The lowest BCUT2D eigenvalue weighted by Gasteiger charge is -2.25. The number of oxime groups is 1. The highest BCUT2D eigenvalue weighted by atomic mass is 16.5. The molecule has 3 N–H and O–H groups in total. The Morgan fingerprint density at radius 1 is 1.53 bits per heavy atom. The molecule has 2 rings (SSSR count). The first-order valence-electron chi connectivity index (χ1n) is 6.66. The van der Waals surface area contributed by atoms with Crippen LogP contribution in [0.2, 0.25) is 0 Å². The fourth-order valence-electron chi connectivity index (χ4n) is 2.10. The molecule has 5 nitrogen and oxygen atoms in total. The number of ether oxygens (including phenoxy) is 1. The van der Waals surface area contributed by atoms with Crippen LogP contribution in [0.25, 0.3) is 0 Å². The van der Waals surface area contributed by atoms with Gasteiger partial charge in [0, 0.05) is 5.69 Å². The van der Waals surface area contributed by atoms with Crippen LogP contribution in [0, 0.1) is 0 Å². The van der Waals surface area contributed by atoms with Crippen molar-refractivity contribution in [1.82, 2.24) is 4.98 Å². The van der Waals surface area contributed by atoms with Crippen molar-refractivity contribution in [2.75, 3.05) is 0 Å². The molecule has 0 radical (unpaired) electrons. The number of pyridine rings is 1. The smallest absolute Gasteiger partial charge is 0.225 e. The lowest BCUT2D eigenvalue weighted by atomic mass is 10.1. The van der Waals surface area contributed by atoms with Crippen molar-refractivity contribution in [1.29, 1.82) is 0 Å². The average Bonchev–Trinajstić information content (AvgIpc) is 2.83. The summed E-state index contributed by atoms with van der Waals surface area (Å²) in [6.45, 7) is 6.05. The van der Waals surface area contributed by atoms with Gasteiger partial charge in [0.2, 0.25) is 5.88 Å². The number of nitrogens with two attached hydrogens (primary N) is 1. The molecule has 0 aromatic carbocycles. The summed E-state index contributed by atoms with van der Waals surface area (Å²) in [5.41, 5.74) is 8.21. The third-order valence-electron chi connectivity index (χ3n) is 3.62. The zero-order chi connectivity index (χ0) is 14.0. The maximum atomic E-state index is 8.90. The Balaban J connectivity index is 2.45. The number of fused-ring (bicyclic) bond motifs is 1. The first kappa shape index (κ1) is 13.6. The van der Waals surface area contributed by atoms with Crippen LogP contribution in [-0.2, 0) is 12.8 Å². The van der Waals surface area contributed by atoms with Crippen molar-refractivity contribution in [3.05, 3.63) is 22.9 Å². The predicted molar refractivity (Wildman–Crippen MR) is 73.8 cm³/mol. The number of hydrogen-bond acceptors (Lipinski definition) is 4. The molecular weight excluding hydrogens is 242 g/mol. The third kappa shape index (κ3) is 2.80. The van der Waals surface area contributed by atoms with Gasteiger partial charge in [0.25, 0.3) is 0 Å². The van der Waals surface area contributed by atoms with Crippen LogP contribution >= 0.6 is 0 Å². The second-order valence-electron chi connectivity index (χ2n) is 5.50. The number of rotatable bonds is 4. The van der Waals surface area contributed by atoms with E-state index in [4.69, 9.17) is 15.7 Å². The normalized spacial score (nSPS) is 15.4. The van der Waals surface area contributed by atoms with E-state index >= 15 is 0 Å². The molecule has 0 saturated heterocycles. The fourth-order valence-corrected chi connectivity index (χ4v) is 2.10. The van der Waals surface area contributed by atoms with Crippen molar-refractivity contribution in [2.45, 2.75) is 52.1 Å². The van der Waals surface area contributed by atoms with E-state index in [1.165, 1.54) is 5.56 Å². The standard InChI is InChI=1S/C14H21N3O2/c1-4-14(2,3)19-13-10(12(15)17-18)8-9-6-5-7-11(9)16-13/h8,18H,4-7H2,1-3H3,(H2,15,17). The van der Waals surface area contributed by atoms with Crippen LogP contribution in [0.3, 0.4) is 0 Å². The molecule has 1 aliphatic carbocycles. The maximum Gasteiger partial charge on any atom is 0.225 e. The van der Waals surface area contributed by atoms with Gasteiger partial charge < -0.3 is 15.7 Å². The van der Waals surface area contributed by atoms with Crippen molar-refractivity contribution < 1.29 is 9.94 Å². The summed E-state index contributed by atoms with van der Waals surface area (Å²) < 4.78 is 5.95. The molecule has 0 saturated carbocycles.